The average Bonchev–Trinajstić information content (AvgIpc) is 2.83. The van der Waals surface area contributed by atoms with E-state index >= 15 is 4.39 Å². The molecule has 38 heavy (non-hydrogen) atoms. The molecule has 0 radical (unpaired) electrons. The van der Waals surface area contributed by atoms with Crippen LogP contribution in [0.25, 0.3) is 0 Å². The van der Waals surface area contributed by atoms with Crippen molar-refractivity contribution in [1.29, 1.82) is 0 Å². The number of Topliss-reactive ketones (excluding diaryl/α,β-unsaturated/α-hetero) is 1. The van der Waals surface area contributed by atoms with Crippen molar-refractivity contribution in [2.75, 3.05) is 6.54 Å². The fraction of sp³-hybridized carbons (Fsp3) is 0.208. The number of rotatable bonds is 10. The standard InChI is InChI=1S/C24H22Cl2FNO7S3/c1-24(2,27)22(23(29)17-13-18(25)15-19(26)14-17)16-28(36(30,31)20-9-5-3-6-10-20)38(34,35)37(32,33)21-11-7-4-8-12-21/h3-15,22H,16H2,1-2H3. The van der Waals surface area contributed by atoms with Crippen molar-refractivity contribution in [3.8, 4) is 0 Å². The molecule has 3 aromatic rings. The molecule has 0 amide bonds. The summed E-state index contributed by atoms with van der Waals surface area (Å²) in [6.45, 7) is 0.513. The van der Waals surface area contributed by atoms with Gasteiger partial charge in [0.05, 0.1) is 15.7 Å². The molecule has 1 unspecified atom stereocenters. The topological polar surface area (TPSA) is 123 Å². The zero-order chi connectivity index (χ0) is 28.5. The zero-order valence-electron chi connectivity index (χ0n) is 20.0. The zero-order valence-corrected chi connectivity index (χ0v) is 23.9. The largest absolute Gasteiger partial charge is 0.337 e. The van der Waals surface area contributed by atoms with Gasteiger partial charge in [0.25, 0.3) is 18.9 Å². The predicted octanol–water partition coefficient (Wildman–Crippen LogP) is 4.95. The van der Waals surface area contributed by atoms with E-state index in [-0.39, 0.29) is 19.3 Å². The summed E-state index contributed by atoms with van der Waals surface area (Å²) in [4.78, 5) is 12.1. The van der Waals surface area contributed by atoms with Gasteiger partial charge in [-0.2, -0.15) is 8.42 Å². The summed E-state index contributed by atoms with van der Waals surface area (Å²) in [5.41, 5.74) is -2.75. The van der Waals surface area contributed by atoms with Gasteiger partial charge in [-0.25, -0.2) is 21.2 Å². The van der Waals surface area contributed by atoms with Crippen molar-refractivity contribution in [3.05, 3.63) is 94.5 Å². The van der Waals surface area contributed by atoms with Gasteiger partial charge in [0, 0.05) is 22.2 Å². The maximum absolute atomic E-state index is 15.5. The Morgan fingerprint density at radius 1 is 0.816 bits per heavy atom. The third-order valence-electron chi connectivity index (χ3n) is 5.49. The van der Waals surface area contributed by atoms with E-state index in [1.165, 1.54) is 42.5 Å². The number of ketones is 1. The molecule has 3 aromatic carbocycles. The Bertz CT molecular complexity index is 1640. The Morgan fingerprint density at radius 2 is 1.26 bits per heavy atom. The van der Waals surface area contributed by atoms with Gasteiger partial charge < -0.3 is 0 Å². The smallest absolute Gasteiger partial charge is 0.294 e. The number of carbonyl (C=O) groups excluding carboxylic acids is 1. The highest BCUT2D eigenvalue weighted by molar-refractivity contribution is 8.67. The molecule has 0 bridgehead atoms. The normalized spacial score (nSPS) is 13.8. The molecule has 0 heterocycles. The van der Waals surface area contributed by atoms with Crippen molar-refractivity contribution in [2.24, 2.45) is 5.92 Å². The second-order valence-corrected chi connectivity index (χ2v) is 16.9. The number of benzene rings is 3. The number of carbonyl (C=O) groups is 1. The number of halogens is 3. The third-order valence-corrected chi connectivity index (χ3v) is 13.8. The van der Waals surface area contributed by atoms with Crippen molar-refractivity contribution in [1.82, 2.24) is 3.71 Å². The molecule has 0 spiro atoms. The van der Waals surface area contributed by atoms with Gasteiger partial charge in [0.15, 0.2) is 5.78 Å². The second kappa shape index (κ2) is 11.0. The molecule has 8 nitrogen and oxygen atoms in total. The van der Waals surface area contributed by atoms with Crippen LogP contribution in [0.4, 0.5) is 4.39 Å². The first-order chi connectivity index (χ1) is 17.5. The molecule has 0 aromatic heterocycles. The van der Waals surface area contributed by atoms with Crippen molar-refractivity contribution < 1.29 is 34.4 Å². The first-order valence-electron chi connectivity index (χ1n) is 10.8. The van der Waals surface area contributed by atoms with Crippen molar-refractivity contribution >= 4 is 56.9 Å². The lowest BCUT2D eigenvalue weighted by Crippen LogP contribution is -2.48. The predicted molar refractivity (Wildman–Crippen MR) is 142 cm³/mol. The van der Waals surface area contributed by atoms with Crippen LogP contribution in [0.2, 0.25) is 10.0 Å². The highest BCUT2D eigenvalue weighted by atomic mass is 35.5. The van der Waals surface area contributed by atoms with E-state index in [1.807, 2.05) is 0 Å². The van der Waals surface area contributed by atoms with Crippen LogP contribution in [0.3, 0.4) is 0 Å². The maximum Gasteiger partial charge on any atom is 0.337 e. The Hall–Kier alpha value is -2.35. The number of sulfonamides is 1. The molecule has 1 atom stereocenters. The number of nitrogens with zero attached hydrogens (tertiary/aromatic N) is 1. The van der Waals surface area contributed by atoms with Crippen LogP contribution >= 0.6 is 23.2 Å². The van der Waals surface area contributed by atoms with Crippen LogP contribution in [0.5, 0.6) is 0 Å². The fourth-order valence-electron chi connectivity index (χ4n) is 3.50. The van der Waals surface area contributed by atoms with Gasteiger partial charge in [-0.1, -0.05) is 63.3 Å². The van der Waals surface area contributed by atoms with Gasteiger partial charge in [0.2, 0.25) is 0 Å². The van der Waals surface area contributed by atoms with E-state index in [4.69, 9.17) is 23.2 Å². The molecule has 3 rings (SSSR count). The van der Waals surface area contributed by atoms with Crippen molar-refractivity contribution in [3.63, 3.8) is 0 Å². The molecule has 0 aliphatic heterocycles. The summed E-state index contributed by atoms with van der Waals surface area (Å²) in [6, 6.07) is 15.6. The first kappa shape index (κ1) is 30.2. The first-order valence-corrected chi connectivity index (χ1v) is 16.5. The summed E-state index contributed by atoms with van der Waals surface area (Å²) >= 11 is 11.9. The van der Waals surface area contributed by atoms with Gasteiger partial charge in [0.1, 0.15) is 5.67 Å². The van der Waals surface area contributed by atoms with Crippen LogP contribution in [-0.2, 0) is 27.9 Å². The Balaban J connectivity index is 2.25. The molecule has 0 saturated carbocycles. The number of hydrogen-bond donors (Lipinski definition) is 0. The summed E-state index contributed by atoms with van der Waals surface area (Å²) in [5.74, 6) is -3.03. The van der Waals surface area contributed by atoms with E-state index in [9.17, 15) is 30.0 Å². The summed E-state index contributed by atoms with van der Waals surface area (Å²) in [6.07, 6.45) is 0. The third kappa shape index (κ3) is 6.11. The van der Waals surface area contributed by atoms with Crippen LogP contribution in [0, 0.1) is 5.92 Å². The molecule has 0 aliphatic carbocycles. The Labute approximate surface area is 230 Å². The Morgan fingerprint density at radius 3 is 1.71 bits per heavy atom. The lowest BCUT2D eigenvalue weighted by atomic mass is 9.86. The molecule has 14 heteroatoms. The van der Waals surface area contributed by atoms with Crippen LogP contribution < -0.4 is 0 Å². The van der Waals surface area contributed by atoms with Gasteiger partial charge in [-0.15, -0.1) is 0 Å². The molecular formula is C24H22Cl2FNO7S3. The van der Waals surface area contributed by atoms with E-state index in [2.05, 4.69) is 0 Å². The number of hydrogen-bond acceptors (Lipinski definition) is 7. The molecule has 0 N–H and O–H groups in total. The highest BCUT2D eigenvalue weighted by Crippen LogP contribution is 2.34. The summed E-state index contributed by atoms with van der Waals surface area (Å²) < 4.78 is 96.0. The quantitative estimate of drug-likeness (QED) is 0.232. The lowest BCUT2D eigenvalue weighted by molar-refractivity contribution is 0.0681. The van der Waals surface area contributed by atoms with Crippen molar-refractivity contribution in [2.45, 2.75) is 29.3 Å². The van der Waals surface area contributed by atoms with E-state index in [0.29, 0.717) is 0 Å². The van der Waals surface area contributed by atoms with Gasteiger partial charge in [-0.3, -0.25) is 4.79 Å². The van der Waals surface area contributed by atoms with Gasteiger partial charge in [-0.05, 0) is 56.3 Å². The van der Waals surface area contributed by atoms with Crippen LogP contribution in [-0.4, -0.2) is 47.0 Å². The minimum atomic E-state index is -5.80. The molecule has 0 fully saturated rings. The van der Waals surface area contributed by atoms with E-state index in [0.717, 1.165) is 50.2 Å². The monoisotopic (exact) mass is 621 g/mol. The second-order valence-electron chi connectivity index (χ2n) is 8.64. The lowest BCUT2D eigenvalue weighted by Gasteiger charge is -2.31. The molecular weight excluding hydrogens is 600 g/mol. The fourth-order valence-corrected chi connectivity index (χ4v) is 11.0. The molecule has 0 saturated heterocycles. The molecule has 204 valence electrons. The number of alkyl halides is 1. The Kier molecular flexibility index (Phi) is 8.76. The van der Waals surface area contributed by atoms with Gasteiger partial charge >= 0.3 is 9.06 Å². The molecule has 0 aliphatic rings. The average molecular weight is 623 g/mol. The SMILES string of the molecule is CC(C)(F)C(CN(S(=O)(=O)c1ccccc1)S(=O)(=O)S(=O)(=O)c1ccccc1)C(=O)c1cc(Cl)cc(Cl)c1. The van der Waals surface area contributed by atoms with Crippen LogP contribution in [0.1, 0.15) is 24.2 Å². The van der Waals surface area contributed by atoms with Crippen LogP contribution in [0.15, 0.2) is 88.7 Å². The highest BCUT2D eigenvalue weighted by Gasteiger charge is 2.49. The summed E-state index contributed by atoms with van der Waals surface area (Å²) in [5, 5.41) is 0.0357. The summed E-state index contributed by atoms with van der Waals surface area (Å²) in [7, 11) is -16.3. The minimum Gasteiger partial charge on any atom is -0.294 e. The van der Waals surface area contributed by atoms with E-state index in [1.54, 1.807) is 0 Å². The minimum absolute atomic E-state index is 0.0179. The van der Waals surface area contributed by atoms with E-state index < -0.39 is 61.7 Å². The maximum atomic E-state index is 15.5.